The SMILES string of the molecule is CCOC(=O)C1(c2cc(C)c(OC)c(C)c2)COC1. The van der Waals surface area contributed by atoms with Crippen molar-refractivity contribution in [1.29, 1.82) is 0 Å². The molecule has 0 unspecified atom stereocenters. The summed E-state index contributed by atoms with van der Waals surface area (Å²) in [6.45, 7) is 6.93. The Bertz CT molecular complexity index is 466. The monoisotopic (exact) mass is 264 g/mol. The zero-order chi connectivity index (χ0) is 14.0. The molecule has 0 N–H and O–H groups in total. The first-order chi connectivity index (χ1) is 9.05. The number of carbonyl (C=O) groups excluding carboxylic acids is 1. The van der Waals surface area contributed by atoms with Crippen LogP contribution in [0.15, 0.2) is 12.1 Å². The molecule has 104 valence electrons. The second kappa shape index (κ2) is 5.21. The maximum atomic E-state index is 12.2. The molecule has 1 aromatic rings. The van der Waals surface area contributed by atoms with Crippen molar-refractivity contribution in [3.63, 3.8) is 0 Å². The van der Waals surface area contributed by atoms with Gasteiger partial charge in [-0.1, -0.05) is 12.1 Å². The van der Waals surface area contributed by atoms with E-state index in [1.165, 1.54) is 0 Å². The topological polar surface area (TPSA) is 44.8 Å². The van der Waals surface area contributed by atoms with E-state index in [0.717, 1.165) is 22.4 Å². The molecule has 0 radical (unpaired) electrons. The van der Waals surface area contributed by atoms with E-state index in [1.807, 2.05) is 32.9 Å². The number of hydrogen-bond acceptors (Lipinski definition) is 4. The number of carbonyl (C=O) groups is 1. The largest absolute Gasteiger partial charge is 0.496 e. The highest BCUT2D eigenvalue weighted by molar-refractivity contribution is 5.85. The van der Waals surface area contributed by atoms with E-state index in [2.05, 4.69) is 0 Å². The summed E-state index contributed by atoms with van der Waals surface area (Å²) in [6.07, 6.45) is 0. The molecule has 1 fully saturated rings. The van der Waals surface area contributed by atoms with Gasteiger partial charge >= 0.3 is 5.97 Å². The van der Waals surface area contributed by atoms with Crippen LogP contribution in [0.2, 0.25) is 0 Å². The summed E-state index contributed by atoms with van der Waals surface area (Å²) in [5.74, 6) is 0.660. The normalized spacial score (nSPS) is 16.6. The fraction of sp³-hybridized carbons (Fsp3) is 0.533. The summed E-state index contributed by atoms with van der Waals surface area (Å²) in [4.78, 5) is 12.2. The Morgan fingerprint density at radius 2 is 1.89 bits per heavy atom. The third-order valence-corrected chi connectivity index (χ3v) is 3.58. The van der Waals surface area contributed by atoms with E-state index in [-0.39, 0.29) is 5.97 Å². The molecule has 0 saturated carbocycles. The van der Waals surface area contributed by atoms with Crippen LogP contribution in [-0.2, 0) is 19.7 Å². The van der Waals surface area contributed by atoms with Gasteiger partial charge in [0.1, 0.15) is 11.2 Å². The number of aryl methyl sites for hydroxylation is 2. The van der Waals surface area contributed by atoms with Gasteiger partial charge in [-0.15, -0.1) is 0 Å². The van der Waals surface area contributed by atoms with Crippen molar-refractivity contribution in [1.82, 2.24) is 0 Å². The number of benzene rings is 1. The minimum absolute atomic E-state index is 0.204. The summed E-state index contributed by atoms with van der Waals surface area (Å²) < 4.78 is 15.8. The summed E-state index contributed by atoms with van der Waals surface area (Å²) >= 11 is 0. The van der Waals surface area contributed by atoms with Crippen LogP contribution in [0, 0.1) is 13.8 Å². The Kier molecular flexibility index (Phi) is 3.80. The lowest BCUT2D eigenvalue weighted by Crippen LogP contribution is -2.54. The second-order valence-electron chi connectivity index (χ2n) is 4.94. The Morgan fingerprint density at radius 3 is 2.26 bits per heavy atom. The lowest BCUT2D eigenvalue weighted by molar-refractivity contribution is -0.169. The van der Waals surface area contributed by atoms with E-state index in [0.29, 0.717) is 19.8 Å². The lowest BCUT2D eigenvalue weighted by Gasteiger charge is -2.39. The van der Waals surface area contributed by atoms with Crippen LogP contribution in [0.4, 0.5) is 0 Å². The van der Waals surface area contributed by atoms with Crippen molar-refractivity contribution in [3.05, 3.63) is 28.8 Å². The van der Waals surface area contributed by atoms with Crippen LogP contribution in [-0.4, -0.2) is 32.9 Å². The van der Waals surface area contributed by atoms with Crippen LogP contribution in [0.5, 0.6) is 5.75 Å². The molecule has 1 aliphatic rings. The average molecular weight is 264 g/mol. The molecule has 4 heteroatoms. The molecule has 2 rings (SSSR count). The minimum atomic E-state index is -0.641. The van der Waals surface area contributed by atoms with Gasteiger partial charge in [0.05, 0.1) is 26.9 Å². The van der Waals surface area contributed by atoms with Gasteiger partial charge in [0.2, 0.25) is 0 Å². The van der Waals surface area contributed by atoms with Crippen molar-refractivity contribution >= 4 is 5.97 Å². The molecule has 0 bridgehead atoms. The molecule has 1 aliphatic heterocycles. The van der Waals surface area contributed by atoms with E-state index in [4.69, 9.17) is 14.2 Å². The van der Waals surface area contributed by atoms with E-state index < -0.39 is 5.41 Å². The van der Waals surface area contributed by atoms with Crippen LogP contribution in [0.1, 0.15) is 23.6 Å². The van der Waals surface area contributed by atoms with Crippen LogP contribution >= 0.6 is 0 Å². The first-order valence-electron chi connectivity index (χ1n) is 6.46. The van der Waals surface area contributed by atoms with Gasteiger partial charge in [-0.3, -0.25) is 4.79 Å². The predicted octanol–water partition coefficient (Wildman–Crippen LogP) is 2.14. The maximum Gasteiger partial charge on any atom is 0.321 e. The highest BCUT2D eigenvalue weighted by Gasteiger charge is 2.49. The van der Waals surface area contributed by atoms with Crippen molar-refractivity contribution in [2.75, 3.05) is 26.9 Å². The van der Waals surface area contributed by atoms with Gasteiger partial charge in [0.15, 0.2) is 0 Å². The number of hydrogen-bond donors (Lipinski definition) is 0. The second-order valence-corrected chi connectivity index (χ2v) is 4.94. The zero-order valence-electron chi connectivity index (χ0n) is 11.9. The predicted molar refractivity (Wildman–Crippen MR) is 71.6 cm³/mol. The highest BCUT2D eigenvalue weighted by Crippen LogP contribution is 2.37. The van der Waals surface area contributed by atoms with E-state index >= 15 is 0 Å². The quantitative estimate of drug-likeness (QED) is 0.782. The molecule has 0 spiro atoms. The molecule has 0 atom stereocenters. The van der Waals surface area contributed by atoms with Gasteiger partial charge in [-0.25, -0.2) is 0 Å². The third-order valence-electron chi connectivity index (χ3n) is 3.58. The molecule has 1 saturated heterocycles. The Morgan fingerprint density at radius 1 is 1.32 bits per heavy atom. The van der Waals surface area contributed by atoms with Crippen LogP contribution < -0.4 is 4.74 Å². The van der Waals surface area contributed by atoms with Crippen LogP contribution in [0.3, 0.4) is 0 Å². The average Bonchev–Trinajstić information content (AvgIpc) is 2.27. The van der Waals surface area contributed by atoms with E-state index in [9.17, 15) is 4.79 Å². The number of esters is 1. The summed E-state index contributed by atoms with van der Waals surface area (Å²) in [7, 11) is 1.66. The smallest absolute Gasteiger partial charge is 0.321 e. The van der Waals surface area contributed by atoms with Crippen molar-refractivity contribution < 1.29 is 19.0 Å². The van der Waals surface area contributed by atoms with Gasteiger partial charge < -0.3 is 14.2 Å². The molecular formula is C15H20O4. The van der Waals surface area contributed by atoms with Crippen molar-refractivity contribution in [2.45, 2.75) is 26.2 Å². The van der Waals surface area contributed by atoms with Crippen molar-refractivity contribution in [3.8, 4) is 5.75 Å². The highest BCUT2D eigenvalue weighted by atomic mass is 16.6. The Hall–Kier alpha value is -1.55. The van der Waals surface area contributed by atoms with Gasteiger partial charge in [0, 0.05) is 0 Å². The first kappa shape index (κ1) is 13.9. The Labute approximate surface area is 113 Å². The Balaban J connectivity index is 2.42. The lowest BCUT2D eigenvalue weighted by atomic mass is 9.77. The molecule has 0 aliphatic carbocycles. The summed E-state index contributed by atoms with van der Waals surface area (Å²) in [5, 5.41) is 0. The molecule has 1 aromatic carbocycles. The molecular weight excluding hydrogens is 244 g/mol. The molecule has 1 heterocycles. The first-order valence-corrected chi connectivity index (χ1v) is 6.46. The fourth-order valence-corrected chi connectivity index (χ4v) is 2.53. The molecule has 0 aromatic heterocycles. The zero-order valence-corrected chi connectivity index (χ0v) is 11.9. The number of methoxy groups -OCH3 is 1. The van der Waals surface area contributed by atoms with Gasteiger partial charge in [0.25, 0.3) is 0 Å². The van der Waals surface area contributed by atoms with Crippen molar-refractivity contribution in [2.24, 2.45) is 0 Å². The third kappa shape index (κ3) is 2.21. The molecule has 19 heavy (non-hydrogen) atoms. The standard InChI is InChI=1S/C15H20O4/c1-5-19-14(16)15(8-18-9-15)12-6-10(2)13(17-4)11(3)7-12/h6-7H,5,8-9H2,1-4H3. The fourth-order valence-electron chi connectivity index (χ4n) is 2.53. The summed E-state index contributed by atoms with van der Waals surface area (Å²) in [5.41, 5.74) is 2.35. The van der Waals surface area contributed by atoms with E-state index in [1.54, 1.807) is 7.11 Å². The molecule has 4 nitrogen and oxygen atoms in total. The number of ether oxygens (including phenoxy) is 3. The summed E-state index contributed by atoms with van der Waals surface area (Å²) in [6, 6.07) is 3.98. The van der Waals surface area contributed by atoms with Crippen LogP contribution in [0.25, 0.3) is 0 Å². The maximum absolute atomic E-state index is 12.2. The van der Waals surface area contributed by atoms with Gasteiger partial charge in [-0.05, 0) is 37.5 Å². The number of rotatable bonds is 4. The molecule has 0 amide bonds. The minimum Gasteiger partial charge on any atom is -0.496 e. The van der Waals surface area contributed by atoms with Gasteiger partial charge in [-0.2, -0.15) is 0 Å².